The van der Waals surface area contributed by atoms with Crippen molar-refractivity contribution in [2.24, 2.45) is 0 Å². The van der Waals surface area contributed by atoms with Crippen LogP contribution in [0.4, 0.5) is 0 Å². The molecule has 3 aromatic rings. The monoisotopic (exact) mass is 280 g/mol. The fourth-order valence-corrected chi connectivity index (χ4v) is 2.26. The topological polar surface area (TPSA) is 57.4 Å². The Labute approximate surface area is 121 Å². The van der Waals surface area contributed by atoms with Gasteiger partial charge >= 0.3 is 0 Å². The van der Waals surface area contributed by atoms with Crippen molar-refractivity contribution in [1.29, 1.82) is 0 Å². The van der Waals surface area contributed by atoms with Crippen LogP contribution in [0.5, 0.6) is 11.5 Å². The zero-order valence-electron chi connectivity index (χ0n) is 11.4. The maximum Gasteiger partial charge on any atom is 0.248 e. The average Bonchev–Trinajstić information content (AvgIpc) is 3.15. The highest BCUT2D eigenvalue weighted by Gasteiger charge is 2.17. The number of rotatable bonds is 2. The van der Waals surface area contributed by atoms with Crippen molar-refractivity contribution in [3.63, 3.8) is 0 Å². The Morgan fingerprint density at radius 1 is 0.857 bits per heavy atom. The smallest absolute Gasteiger partial charge is 0.248 e. The van der Waals surface area contributed by atoms with Crippen molar-refractivity contribution in [1.82, 2.24) is 10.2 Å². The Kier molecular flexibility index (Phi) is 2.64. The summed E-state index contributed by atoms with van der Waals surface area (Å²) in [6.45, 7) is 2.27. The van der Waals surface area contributed by atoms with Crippen LogP contribution in [-0.2, 0) is 0 Å². The first-order valence-corrected chi connectivity index (χ1v) is 6.60. The number of nitrogens with zero attached hydrogens (tertiary/aromatic N) is 2. The molecule has 21 heavy (non-hydrogen) atoms. The highest BCUT2D eigenvalue weighted by Crippen LogP contribution is 2.36. The molecule has 0 saturated heterocycles. The highest BCUT2D eigenvalue weighted by atomic mass is 16.7. The summed E-state index contributed by atoms with van der Waals surface area (Å²) in [6, 6.07) is 13.5. The molecule has 0 atom stereocenters. The van der Waals surface area contributed by atoms with Gasteiger partial charge in [-0.2, -0.15) is 0 Å². The second kappa shape index (κ2) is 4.63. The van der Waals surface area contributed by atoms with E-state index in [9.17, 15) is 0 Å². The number of hydrogen-bond donors (Lipinski definition) is 0. The highest BCUT2D eigenvalue weighted by molar-refractivity contribution is 5.62. The maximum atomic E-state index is 5.75. The van der Waals surface area contributed by atoms with Crippen molar-refractivity contribution in [2.75, 3.05) is 6.79 Å². The first-order valence-electron chi connectivity index (χ1n) is 6.60. The average molecular weight is 280 g/mol. The van der Waals surface area contributed by atoms with E-state index < -0.39 is 0 Å². The van der Waals surface area contributed by atoms with Gasteiger partial charge in [0.05, 0.1) is 0 Å². The van der Waals surface area contributed by atoms with Crippen LogP contribution in [0.3, 0.4) is 0 Å². The third kappa shape index (κ3) is 2.12. The Hall–Kier alpha value is -2.82. The molecule has 5 nitrogen and oxygen atoms in total. The zero-order valence-corrected chi connectivity index (χ0v) is 11.4. The molecule has 1 aliphatic rings. The molecular formula is C16H12N2O3. The second-order valence-electron chi connectivity index (χ2n) is 4.85. The summed E-state index contributed by atoms with van der Waals surface area (Å²) in [5.41, 5.74) is 2.87. The molecule has 0 saturated carbocycles. The zero-order chi connectivity index (χ0) is 14.2. The summed E-state index contributed by atoms with van der Waals surface area (Å²) in [4.78, 5) is 0. The molecule has 0 N–H and O–H groups in total. The van der Waals surface area contributed by atoms with Crippen molar-refractivity contribution in [3.8, 4) is 34.4 Å². The summed E-state index contributed by atoms with van der Waals surface area (Å²) in [6.07, 6.45) is 0. The summed E-state index contributed by atoms with van der Waals surface area (Å²) in [5, 5.41) is 8.21. The Balaban J connectivity index is 1.71. The molecule has 0 unspecified atom stereocenters. The number of ether oxygens (including phenoxy) is 2. The van der Waals surface area contributed by atoms with Gasteiger partial charge in [0.2, 0.25) is 18.6 Å². The normalized spacial score (nSPS) is 12.6. The van der Waals surface area contributed by atoms with E-state index >= 15 is 0 Å². The predicted octanol–water partition coefficient (Wildman–Crippen LogP) is 3.44. The Bertz CT molecular complexity index is 811. The summed E-state index contributed by atoms with van der Waals surface area (Å²) < 4.78 is 16.4. The van der Waals surface area contributed by atoms with Crippen molar-refractivity contribution in [3.05, 3.63) is 48.0 Å². The molecule has 5 heteroatoms. The number of benzene rings is 2. The predicted molar refractivity (Wildman–Crippen MR) is 76.0 cm³/mol. The molecule has 1 aromatic heterocycles. The number of aromatic nitrogens is 2. The standard InChI is InChI=1S/C16H12N2O3/c1-10-3-2-4-11(7-10)15-17-18-16(21-15)12-5-6-13-14(8-12)20-9-19-13/h2-8H,9H2,1H3. The molecule has 0 spiro atoms. The van der Waals surface area contributed by atoms with Crippen molar-refractivity contribution in [2.45, 2.75) is 6.92 Å². The molecule has 0 radical (unpaired) electrons. The van der Waals surface area contributed by atoms with Crippen LogP contribution in [0, 0.1) is 6.92 Å². The van der Waals surface area contributed by atoms with E-state index in [4.69, 9.17) is 13.9 Å². The van der Waals surface area contributed by atoms with Gasteiger partial charge in [0, 0.05) is 11.1 Å². The maximum absolute atomic E-state index is 5.75. The van der Waals surface area contributed by atoms with Crippen molar-refractivity contribution < 1.29 is 13.9 Å². The molecule has 0 amide bonds. The van der Waals surface area contributed by atoms with Crippen LogP contribution >= 0.6 is 0 Å². The van der Waals surface area contributed by atoms with Crippen LogP contribution < -0.4 is 9.47 Å². The molecule has 0 aliphatic carbocycles. The van der Waals surface area contributed by atoms with Gasteiger partial charge in [-0.3, -0.25) is 0 Å². The molecule has 1 aliphatic heterocycles. The van der Waals surface area contributed by atoms with Gasteiger partial charge in [-0.1, -0.05) is 17.7 Å². The quantitative estimate of drug-likeness (QED) is 0.719. The van der Waals surface area contributed by atoms with Gasteiger partial charge < -0.3 is 13.9 Å². The summed E-state index contributed by atoms with van der Waals surface area (Å²) in [7, 11) is 0. The summed E-state index contributed by atoms with van der Waals surface area (Å²) >= 11 is 0. The van der Waals surface area contributed by atoms with E-state index in [1.165, 1.54) is 0 Å². The van der Waals surface area contributed by atoms with Crippen LogP contribution in [0.15, 0.2) is 46.9 Å². The van der Waals surface area contributed by atoms with E-state index in [-0.39, 0.29) is 6.79 Å². The number of hydrogen-bond acceptors (Lipinski definition) is 5. The van der Waals surface area contributed by atoms with Gasteiger partial charge in [-0.25, -0.2) is 0 Å². The van der Waals surface area contributed by atoms with E-state index in [0.29, 0.717) is 17.5 Å². The van der Waals surface area contributed by atoms with E-state index in [2.05, 4.69) is 10.2 Å². The molecule has 2 aromatic carbocycles. The van der Waals surface area contributed by atoms with Crippen LogP contribution in [0.2, 0.25) is 0 Å². The van der Waals surface area contributed by atoms with Gasteiger partial charge in [0.15, 0.2) is 11.5 Å². The van der Waals surface area contributed by atoms with E-state index in [1.807, 2.05) is 49.4 Å². The lowest BCUT2D eigenvalue weighted by Gasteiger charge is -1.98. The molecular weight excluding hydrogens is 268 g/mol. The Morgan fingerprint density at radius 2 is 1.62 bits per heavy atom. The lowest BCUT2D eigenvalue weighted by atomic mass is 10.1. The minimum absolute atomic E-state index is 0.247. The van der Waals surface area contributed by atoms with E-state index in [1.54, 1.807) is 0 Å². The molecule has 0 fully saturated rings. The number of fused-ring (bicyclic) bond motifs is 1. The van der Waals surface area contributed by atoms with Gasteiger partial charge in [0.25, 0.3) is 0 Å². The fourth-order valence-electron chi connectivity index (χ4n) is 2.26. The molecule has 0 bridgehead atoms. The Morgan fingerprint density at radius 3 is 2.43 bits per heavy atom. The lowest BCUT2D eigenvalue weighted by molar-refractivity contribution is 0.174. The van der Waals surface area contributed by atoms with E-state index in [0.717, 1.165) is 22.4 Å². The van der Waals surface area contributed by atoms with Crippen LogP contribution in [0.25, 0.3) is 22.9 Å². The SMILES string of the molecule is Cc1cccc(-c2nnc(-c3ccc4c(c3)OCO4)o2)c1. The van der Waals surface area contributed by atoms with Gasteiger partial charge in [0.1, 0.15) is 0 Å². The van der Waals surface area contributed by atoms with Gasteiger partial charge in [-0.15, -0.1) is 10.2 Å². The minimum atomic E-state index is 0.247. The molecule has 104 valence electrons. The minimum Gasteiger partial charge on any atom is -0.454 e. The number of aryl methyl sites for hydroxylation is 1. The first-order chi connectivity index (χ1) is 10.3. The van der Waals surface area contributed by atoms with Crippen molar-refractivity contribution >= 4 is 0 Å². The third-order valence-electron chi connectivity index (χ3n) is 3.31. The van der Waals surface area contributed by atoms with Crippen LogP contribution in [-0.4, -0.2) is 17.0 Å². The fraction of sp³-hybridized carbons (Fsp3) is 0.125. The lowest BCUT2D eigenvalue weighted by Crippen LogP contribution is -1.92. The molecule has 4 rings (SSSR count). The third-order valence-corrected chi connectivity index (χ3v) is 3.31. The first kappa shape index (κ1) is 12.0. The van der Waals surface area contributed by atoms with Crippen LogP contribution in [0.1, 0.15) is 5.56 Å². The second-order valence-corrected chi connectivity index (χ2v) is 4.85. The molecule has 2 heterocycles. The van der Waals surface area contributed by atoms with Gasteiger partial charge in [-0.05, 0) is 37.3 Å². The summed E-state index contributed by atoms with van der Waals surface area (Å²) in [5.74, 6) is 2.40. The largest absolute Gasteiger partial charge is 0.454 e.